The summed E-state index contributed by atoms with van der Waals surface area (Å²) in [5.41, 5.74) is 6.90. The third kappa shape index (κ3) is 3.29. The van der Waals surface area contributed by atoms with E-state index in [0.29, 0.717) is 30.1 Å². The van der Waals surface area contributed by atoms with E-state index in [2.05, 4.69) is 0 Å². The molecule has 0 aliphatic carbocycles. The number of hydrogen-bond donors (Lipinski definition) is 1. The highest BCUT2D eigenvalue weighted by molar-refractivity contribution is 7.14. The van der Waals surface area contributed by atoms with Gasteiger partial charge in [0, 0.05) is 11.4 Å². The van der Waals surface area contributed by atoms with Gasteiger partial charge in [0.15, 0.2) is 0 Å². The van der Waals surface area contributed by atoms with Gasteiger partial charge in [-0.1, -0.05) is 0 Å². The average Bonchev–Trinajstić information content (AvgIpc) is 2.73. The van der Waals surface area contributed by atoms with Crippen LogP contribution in [0.1, 0.15) is 40.9 Å². The van der Waals surface area contributed by atoms with Gasteiger partial charge < -0.3 is 20.1 Å². The van der Waals surface area contributed by atoms with E-state index in [4.69, 9.17) is 15.2 Å². The van der Waals surface area contributed by atoms with Crippen LogP contribution in [0, 0.1) is 0 Å². The number of amides is 1. The fourth-order valence-electron chi connectivity index (χ4n) is 2.15. The van der Waals surface area contributed by atoms with E-state index in [9.17, 15) is 9.59 Å². The highest BCUT2D eigenvalue weighted by atomic mass is 32.1. The van der Waals surface area contributed by atoms with Crippen molar-refractivity contribution in [3.8, 4) is 0 Å². The van der Waals surface area contributed by atoms with E-state index in [-0.39, 0.29) is 6.09 Å². The Hall–Kier alpha value is -1.76. The van der Waals surface area contributed by atoms with E-state index < -0.39 is 11.6 Å². The molecule has 0 atom stereocenters. The lowest BCUT2D eigenvalue weighted by Gasteiger charge is -2.30. The van der Waals surface area contributed by atoms with Crippen LogP contribution in [0.3, 0.4) is 0 Å². The molecule has 0 saturated heterocycles. The van der Waals surface area contributed by atoms with Gasteiger partial charge >= 0.3 is 12.1 Å². The predicted octanol–water partition coefficient (Wildman–Crippen LogP) is 2.41. The number of anilines is 1. The maximum Gasteiger partial charge on any atom is 0.410 e. The minimum atomic E-state index is -0.525. The second-order valence-corrected chi connectivity index (χ2v) is 7.00. The molecule has 1 aromatic rings. The zero-order valence-corrected chi connectivity index (χ0v) is 13.5. The number of hydrogen-bond acceptors (Lipinski definition) is 6. The first-order valence-corrected chi connectivity index (χ1v) is 7.51. The van der Waals surface area contributed by atoms with Crippen molar-refractivity contribution in [3.63, 3.8) is 0 Å². The summed E-state index contributed by atoms with van der Waals surface area (Å²) in [6.45, 7) is 6.44. The van der Waals surface area contributed by atoms with Gasteiger partial charge in [-0.3, -0.25) is 0 Å². The molecule has 21 heavy (non-hydrogen) atoms. The first kappa shape index (κ1) is 15.6. The normalized spacial score (nSPS) is 14.6. The van der Waals surface area contributed by atoms with Gasteiger partial charge in [0.1, 0.15) is 10.5 Å². The molecule has 6 nitrogen and oxygen atoms in total. The van der Waals surface area contributed by atoms with Gasteiger partial charge in [-0.15, -0.1) is 11.3 Å². The van der Waals surface area contributed by atoms with Crippen LogP contribution in [0.25, 0.3) is 0 Å². The molecule has 0 bridgehead atoms. The second kappa shape index (κ2) is 5.55. The Morgan fingerprint density at radius 3 is 2.57 bits per heavy atom. The Balaban J connectivity index is 2.18. The van der Waals surface area contributed by atoms with E-state index in [1.165, 1.54) is 18.4 Å². The highest BCUT2D eigenvalue weighted by Crippen LogP contribution is 2.35. The number of nitrogen functional groups attached to an aromatic ring is 1. The third-order valence-electron chi connectivity index (χ3n) is 3.12. The zero-order chi connectivity index (χ0) is 15.8. The molecule has 0 unspecified atom stereocenters. The van der Waals surface area contributed by atoms with E-state index in [0.717, 1.165) is 10.4 Å². The molecule has 1 aliphatic heterocycles. The van der Waals surface area contributed by atoms with E-state index >= 15 is 0 Å². The van der Waals surface area contributed by atoms with Crippen molar-refractivity contribution in [3.05, 3.63) is 15.3 Å². The fraction of sp³-hybridized carbons (Fsp3) is 0.571. The van der Waals surface area contributed by atoms with Crippen LogP contribution in [-0.2, 0) is 22.4 Å². The Labute approximate surface area is 127 Å². The van der Waals surface area contributed by atoms with Gasteiger partial charge in [0.25, 0.3) is 0 Å². The van der Waals surface area contributed by atoms with Crippen molar-refractivity contribution in [2.24, 2.45) is 0 Å². The predicted molar refractivity (Wildman–Crippen MR) is 80.4 cm³/mol. The second-order valence-electron chi connectivity index (χ2n) is 5.89. The lowest BCUT2D eigenvalue weighted by Crippen LogP contribution is -2.39. The van der Waals surface area contributed by atoms with Crippen LogP contribution in [0.15, 0.2) is 0 Å². The quantitative estimate of drug-likeness (QED) is 0.805. The highest BCUT2D eigenvalue weighted by Gasteiger charge is 2.30. The molecule has 0 aromatic carbocycles. The maximum atomic E-state index is 12.1. The average molecular weight is 312 g/mol. The summed E-state index contributed by atoms with van der Waals surface area (Å²) in [6.07, 6.45) is 0.271. The van der Waals surface area contributed by atoms with E-state index in [1.807, 2.05) is 20.8 Å². The van der Waals surface area contributed by atoms with Crippen molar-refractivity contribution in [1.29, 1.82) is 0 Å². The number of carbonyl (C=O) groups is 2. The Morgan fingerprint density at radius 1 is 1.33 bits per heavy atom. The van der Waals surface area contributed by atoms with Crippen LogP contribution >= 0.6 is 11.3 Å². The first-order chi connectivity index (χ1) is 9.73. The maximum absolute atomic E-state index is 12.1. The fourth-order valence-corrected chi connectivity index (χ4v) is 3.36. The van der Waals surface area contributed by atoms with Crippen molar-refractivity contribution < 1.29 is 19.1 Å². The van der Waals surface area contributed by atoms with Crippen LogP contribution in [-0.4, -0.2) is 36.2 Å². The third-order valence-corrected chi connectivity index (χ3v) is 4.33. The molecule has 1 aromatic heterocycles. The van der Waals surface area contributed by atoms with E-state index in [1.54, 1.807) is 4.90 Å². The lowest BCUT2D eigenvalue weighted by atomic mass is 10.1. The van der Waals surface area contributed by atoms with Gasteiger partial charge in [0.2, 0.25) is 0 Å². The topological polar surface area (TPSA) is 81.9 Å². The number of methoxy groups -OCH3 is 1. The van der Waals surface area contributed by atoms with Crippen molar-refractivity contribution in [2.45, 2.75) is 39.3 Å². The number of thiophene rings is 1. The number of nitrogens with two attached hydrogens (primary N) is 1. The molecule has 116 valence electrons. The first-order valence-electron chi connectivity index (χ1n) is 6.69. The summed E-state index contributed by atoms with van der Waals surface area (Å²) >= 11 is 1.28. The number of fused-ring (bicyclic) bond motifs is 1. The van der Waals surface area contributed by atoms with Crippen LogP contribution < -0.4 is 5.73 Å². The molecular weight excluding hydrogens is 292 g/mol. The van der Waals surface area contributed by atoms with Gasteiger partial charge in [-0.05, 0) is 32.8 Å². The summed E-state index contributed by atoms with van der Waals surface area (Å²) in [6, 6.07) is 0. The van der Waals surface area contributed by atoms with Crippen molar-refractivity contribution in [1.82, 2.24) is 4.90 Å². The summed E-state index contributed by atoms with van der Waals surface area (Å²) in [7, 11) is 1.33. The Kier molecular flexibility index (Phi) is 4.13. The molecule has 0 spiro atoms. The number of rotatable bonds is 1. The lowest BCUT2D eigenvalue weighted by molar-refractivity contribution is 0.0226. The van der Waals surface area contributed by atoms with Gasteiger partial charge in [0.05, 0.1) is 19.3 Å². The molecule has 0 fully saturated rings. The molecule has 0 saturated carbocycles. The van der Waals surface area contributed by atoms with Crippen molar-refractivity contribution in [2.75, 3.05) is 19.4 Å². The zero-order valence-electron chi connectivity index (χ0n) is 12.7. The molecule has 7 heteroatoms. The Bertz CT molecular complexity index is 574. The minimum Gasteiger partial charge on any atom is -0.465 e. The SMILES string of the molecule is COC(=O)c1sc2c(c1N)CCN(C(=O)OC(C)(C)C)C2. The molecule has 0 radical (unpaired) electrons. The number of ether oxygens (including phenoxy) is 2. The standard InChI is InChI=1S/C14H20N2O4S/c1-14(2,3)20-13(18)16-6-5-8-9(7-16)21-11(10(8)15)12(17)19-4/h5-7,15H2,1-4H3. The number of nitrogens with zero attached hydrogens (tertiary/aromatic N) is 1. The van der Waals surface area contributed by atoms with Gasteiger partial charge in [-0.25, -0.2) is 9.59 Å². The van der Waals surface area contributed by atoms with Crippen LogP contribution in [0.4, 0.5) is 10.5 Å². The molecule has 2 N–H and O–H groups in total. The summed E-state index contributed by atoms with van der Waals surface area (Å²) in [5.74, 6) is -0.435. The minimum absolute atomic E-state index is 0.347. The smallest absolute Gasteiger partial charge is 0.410 e. The molecule has 1 aliphatic rings. The van der Waals surface area contributed by atoms with Crippen LogP contribution in [0.5, 0.6) is 0 Å². The van der Waals surface area contributed by atoms with Crippen molar-refractivity contribution >= 4 is 29.1 Å². The number of carbonyl (C=O) groups excluding carboxylic acids is 2. The molecular formula is C14H20N2O4S. The summed E-state index contributed by atoms with van der Waals surface area (Å²) in [5, 5.41) is 0. The monoisotopic (exact) mass is 312 g/mol. The largest absolute Gasteiger partial charge is 0.465 e. The van der Waals surface area contributed by atoms with Gasteiger partial charge in [-0.2, -0.15) is 0 Å². The van der Waals surface area contributed by atoms with Crippen LogP contribution in [0.2, 0.25) is 0 Å². The summed E-state index contributed by atoms with van der Waals surface area (Å²) < 4.78 is 10.1. The Morgan fingerprint density at radius 2 is 2.00 bits per heavy atom. The molecule has 2 heterocycles. The number of esters is 1. The molecule has 2 rings (SSSR count). The molecule has 1 amide bonds. The summed E-state index contributed by atoms with van der Waals surface area (Å²) in [4.78, 5) is 26.7.